The highest BCUT2D eigenvalue weighted by molar-refractivity contribution is 5.31. The number of likely N-dealkylation sites (N-methyl/N-ethyl adjacent to an activating group) is 1. The quantitative estimate of drug-likeness (QED) is 0.630. The maximum absolute atomic E-state index is 3.65. The standard InChI is InChI=1S/C18H31N/c1-5-7-8-9-10-18(19-6-2)14-17-13-15(3)11-12-16(17)4/h11-13,18-19H,5-10,14H2,1-4H3. The molecule has 1 N–H and O–H groups in total. The Kier molecular flexibility index (Phi) is 7.81. The van der Waals surface area contributed by atoms with E-state index in [1.165, 1.54) is 55.2 Å². The van der Waals surface area contributed by atoms with Crippen LogP contribution in [0.1, 0.15) is 62.6 Å². The molecule has 0 aromatic heterocycles. The van der Waals surface area contributed by atoms with Crippen molar-refractivity contribution in [1.29, 1.82) is 0 Å². The molecule has 0 radical (unpaired) electrons. The third-order valence-electron chi connectivity index (χ3n) is 3.87. The molecule has 0 saturated heterocycles. The Morgan fingerprint density at radius 1 is 1.05 bits per heavy atom. The monoisotopic (exact) mass is 261 g/mol. The molecule has 1 rings (SSSR count). The molecule has 1 aromatic rings. The van der Waals surface area contributed by atoms with Crippen molar-refractivity contribution in [2.45, 2.75) is 72.3 Å². The smallest absolute Gasteiger partial charge is 0.0107 e. The van der Waals surface area contributed by atoms with E-state index < -0.39 is 0 Å². The zero-order chi connectivity index (χ0) is 14.1. The number of rotatable bonds is 9. The molecule has 0 aliphatic carbocycles. The van der Waals surface area contributed by atoms with E-state index in [4.69, 9.17) is 0 Å². The molecule has 108 valence electrons. The highest BCUT2D eigenvalue weighted by Gasteiger charge is 2.10. The minimum absolute atomic E-state index is 0.641. The lowest BCUT2D eigenvalue weighted by molar-refractivity contribution is 0.462. The average Bonchev–Trinajstić information content (AvgIpc) is 2.39. The lowest BCUT2D eigenvalue weighted by atomic mass is 9.96. The SMILES string of the molecule is CCCCCCC(Cc1cc(C)ccc1C)NCC. The summed E-state index contributed by atoms with van der Waals surface area (Å²) in [5.41, 5.74) is 4.32. The van der Waals surface area contributed by atoms with E-state index in [1.807, 2.05) is 0 Å². The highest BCUT2D eigenvalue weighted by atomic mass is 14.9. The van der Waals surface area contributed by atoms with Gasteiger partial charge in [-0.2, -0.15) is 0 Å². The fourth-order valence-corrected chi connectivity index (χ4v) is 2.67. The predicted molar refractivity (Wildman–Crippen MR) is 85.8 cm³/mol. The van der Waals surface area contributed by atoms with Crippen molar-refractivity contribution in [2.75, 3.05) is 6.54 Å². The van der Waals surface area contributed by atoms with Crippen LogP contribution >= 0.6 is 0 Å². The molecule has 0 heterocycles. The molecule has 1 unspecified atom stereocenters. The van der Waals surface area contributed by atoms with Crippen molar-refractivity contribution in [3.8, 4) is 0 Å². The van der Waals surface area contributed by atoms with Gasteiger partial charge >= 0.3 is 0 Å². The minimum atomic E-state index is 0.641. The van der Waals surface area contributed by atoms with E-state index in [0.717, 1.165) is 6.54 Å². The summed E-state index contributed by atoms with van der Waals surface area (Å²) in [6, 6.07) is 7.46. The van der Waals surface area contributed by atoms with E-state index >= 15 is 0 Å². The third-order valence-corrected chi connectivity index (χ3v) is 3.87. The van der Waals surface area contributed by atoms with Crippen molar-refractivity contribution < 1.29 is 0 Å². The average molecular weight is 261 g/mol. The summed E-state index contributed by atoms with van der Waals surface area (Å²) in [6.45, 7) is 9.98. The highest BCUT2D eigenvalue weighted by Crippen LogP contribution is 2.16. The zero-order valence-corrected chi connectivity index (χ0v) is 13.3. The molecular formula is C18H31N. The third kappa shape index (κ3) is 6.24. The summed E-state index contributed by atoms with van der Waals surface area (Å²) in [5.74, 6) is 0. The van der Waals surface area contributed by atoms with Gasteiger partial charge in [0.15, 0.2) is 0 Å². The molecule has 1 heteroatoms. The Morgan fingerprint density at radius 2 is 1.84 bits per heavy atom. The van der Waals surface area contributed by atoms with E-state index in [2.05, 4.69) is 51.2 Å². The Balaban J connectivity index is 2.54. The molecule has 0 fully saturated rings. The lowest BCUT2D eigenvalue weighted by Crippen LogP contribution is -2.31. The maximum atomic E-state index is 3.65. The minimum Gasteiger partial charge on any atom is -0.314 e. The Bertz CT molecular complexity index is 357. The first-order chi connectivity index (χ1) is 9.17. The van der Waals surface area contributed by atoms with Gasteiger partial charge in [-0.15, -0.1) is 0 Å². The molecular weight excluding hydrogens is 230 g/mol. The molecule has 1 atom stereocenters. The molecule has 0 aliphatic heterocycles. The lowest BCUT2D eigenvalue weighted by Gasteiger charge is -2.19. The van der Waals surface area contributed by atoms with Crippen molar-refractivity contribution >= 4 is 0 Å². The molecule has 1 nitrogen and oxygen atoms in total. The second-order valence-corrected chi connectivity index (χ2v) is 5.74. The van der Waals surface area contributed by atoms with E-state index in [1.54, 1.807) is 0 Å². The predicted octanol–water partition coefficient (Wildman–Crippen LogP) is 4.79. The number of hydrogen-bond donors (Lipinski definition) is 1. The van der Waals surface area contributed by atoms with Crippen molar-refractivity contribution in [2.24, 2.45) is 0 Å². The van der Waals surface area contributed by atoms with Crippen LogP contribution in [0.3, 0.4) is 0 Å². The number of unbranched alkanes of at least 4 members (excludes halogenated alkanes) is 3. The number of nitrogens with one attached hydrogen (secondary N) is 1. The van der Waals surface area contributed by atoms with E-state index in [0.29, 0.717) is 6.04 Å². The van der Waals surface area contributed by atoms with Crippen LogP contribution in [0.15, 0.2) is 18.2 Å². The van der Waals surface area contributed by atoms with Crippen molar-refractivity contribution in [1.82, 2.24) is 5.32 Å². The first-order valence-electron chi connectivity index (χ1n) is 7.96. The fourth-order valence-electron chi connectivity index (χ4n) is 2.67. The molecule has 0 bridgehead atoms. The van der Waals surface area contributed by atoms with Crippen LogP contribution in [-0.4, -0.2) is 12.6 Å². The largest absolute Gasteiger partial charge is 0.314 e. The van der Waals surface area contributed by atoms with Crippen molar-refractivity contribution in [3.63, 3.8) is 0 Å². The number of aryl methyl sites for hydroxylation is 2. The van der Waals surface area contributed by atoms with Gasteiger partial charge in [-0.05, 0) is 44.4 Å². The Labute approximate surface area is 119 Å². The van der Waals surface area contributed by atoms with Gasteiger partial charge in [0.05, 0.1) is 0 Å². The Morgan fingerprint density at radius 3 is 2.53 bits per heavy atom. The summed E-state index contributed by atoms with van der Waals surface area (Å²) in [7, 11) is 0. The summed E-state index contributed by atoms with van der Waals surface area (Å²) >= 11 is 0. The van der Waals surface area contributed by atoms with Gasteiger partial charge in [-0.1, -0.05) is 63.3 Å². The summed E-state index contributed by atoms with van der Waals surface area (Å²) in [6.07, 6.45) is 7.92. The van der Waals surface area contributed by atoms with Gasteiger partial charge in [0.25, 0.3) is 0 Å². The van der Waals surface area contributed by atoms with Crippen LogP contribution < -0.4 is 5.32 Å². The first kappa shape index (κ1) is 16.2. The summed E-state index contributed by atoms with van der Waals surface area (Å²) in [4.78, 5) is 0. The molecule has 0 aliphatic rings. The second-order valence-electron chi connectivity index (χ2n) is 5.74. The Hall–Kier alpha value is -0.820. The van der Waals surface area contributed by atoms with Gasteiger partial charge in [0, 0.05) is 6.04 Å². The molecule has 0 saturated carbocycles. The van der Waals surface area contributed by atoms with Crippen LogP contribution in [0.4, 0.5) is 0 Å². The fraction of sp³-hybridized carbons (Fsp3) is 0.667. The molecule has 19 heavy (non-hydrogen) atoms. The number of hydrogen-bond acceptors (Lipinski definition) is 1. The van der Waals surface area contributed by atoms with Crippen LogP contribution in [0.2, 0.25) is 0 Å². The molecule has 0 amide bonds. The van der Waals surface area contributed by atoms with Crippen LogP contribution in [0, 0.1) is 13.8 Å². The van der Waals surface area contributed by atoms with E-state index in [-0.39, 0.29) is 0 Å². The van der Waals surface area contributed by atoms with Gasteiger partial charge in [-0.3, -0.25) is 0 Å². The second kappa shape index (κ2) is 9.14. The van der Waals surface area contributed by atoms with E-state index in [9.17, 15) is 0 Å². The van der Waals surface area contributed by atoms with Crippen LogP contribution in [0.25, 0.3) is 0 Å². The van der Waals surface area contributed by atoms with Gasteiger partial charge in [-0.25, -0.2) is 0 Å². The van der Waals surface area contributed by atoms with Crippen LogP contribution in [0.5, 0.6) is 0 Å². The summed E-state index contributed by atoms with van der Waals surface area (Å²) in [5, 5.41) is 3.65. The zero-order valence-electron chi connectivity index (χ0n) is 13.3. The maximum Gasteiger partial charge on any atom is 0.0107 e. The normalized spacial score (nSPS) is 12.6. The van der Waals surface area contributed by atoms with Crippen molar-refractivity contribution in [3.05, 3.63) is 34.9 Å². The first-order valence-corrected chi connectivity index (χ1v) is 7.96. The molecule has 0 spiro atoms. The van der Waals surface area contributed by atoms with Gasteiger partial charge < -0.3 is 5.32 Å². The van der Waals surface area contributed by atoms with Gasteiger partial charge in [0.1, 0.15) is 0 Å². The molecule has 1 aromatic carbocycles. The number of benzene rings is 1. The summed E-state index contributed by atoms with van der Waals surface area (Å²) < 4.78 is 0. The van der Waals surface area contributed by atoms with Gasteiger partial charge in [0.2, 0.25) is 0 Å². The van der Waals surface area contributed by atoms with Crippen LogP contribution in [-0.2, 0) is 6.42 Å². The topological polar surface area (TPSA) is 12.0 Å².